The van der Waals surface area contributed by atoms with Crippen LogP contribution in [0.4, 0.5) is 0 Å². The molecule has 0 spiro atoms. The number of aliphatic imine (C=N–C) groups is 8. The first-order chi connectivity index (χ1) is 45.0. The van der Waals surface area contributed by atoms with E-state index >= 15 is 0 Å². The van der Waals surface area contributed by atoms with Gasteiger partial charge < -0.3 is 60.0 Å². The van der Waals surface area contributed by atoms with Crippen molar-refractivity contribution in [3.05, 3.63) is 115 Å². The molecule has 2 aliphatic rings. The van der Waals surface area contributed by atoms with Gasteiger partial charge in [0.15, 0.2) is 0 Å². The second-order valence-corrected chi connectivity index (χ2v) is 26.5. The second kappa shape index (κ2) is 52.5. The molecule has 0 saturated carbocycles. The molecule has 2 aliphatic heterocycles. The topological polar surface area (TPSA) is 536 Å². The number of carbonyl (C=O) groups excluding carboxylic acids is 4. The molecule has 570 valence electrons. The van der Waals surface area contributed by atoms with Gasteiger partial charge in [-0.25, -0.2) is 37.3 Å². The SMILES string of the molecule is CC(=O)[O-].CC(=O)[O-].CC(=O)[O-].CC(=O)[O-].CCc1cc2c([O-])c(c1)C=NCC(C)(C)CN=Cc1cc(CC)cc(c1[O-])C=NCC(C)(C)CN=C2.CCc1cc2c([O-])c(c1)C=NCC(C)(C)CN=Cc1cc(CC)cc(c1[O-])C=NCC(C)(C)CN=C2.[Co+2].[Co+2].[Co+3].[Co+3].[O-][Cl+3]([O-])([O-])[O-].[O-][Cl+3]([O-])([O-])[O-]. The zero-order chi connectivity index (χ0) is 76.0. The number of hydrogen-bond donors (Lipinski definition) is 0. The Kier molecular flexibility index (Phi) is 54.9. The van der Waals surface area contributed by atoms with Crippen molar-refractivity contribution in [2.75, 3.05) is 52.4 Å². The predicted molar refractivity (Wildman–Crippen MR) is 339 cm³/mol. The Morgan fingerprint density at radius 3 is 0.471 bits per heavy atom. The Bertz CT molecular complexity index is 2840. The van der Waals surface area contributed by atoms with Crippen molar-refractivity contribution in [2.45, 2.75) is 136 Å². The van der Waals surface area contributed by atoms with Crippen molar-refractivity contribution >= 4 is 73.6 Å². The molecule has 4 aromatic carbocycles. The van der Waals surface area contributed by atoms with Crippen LogP contribution in [0.1, 0.15) is 178 Å². The van der Waals surface area contributed by atoms with Crippen molar-refractivity contribution in [1.29, 1.82) is 0 Å². The summed E-state index contributed by atoms with van der Waals surface area (Å²) >= 11 is 0. The summed E-state index contributed by atoms with van der Waals surface area (Å²) in [6, 6.07) is 15.3. The van der Waals surface area contributed by atoms with E-state index in [0.717, 1.165) is 75.6 Å². The molecule has 6 rings (SSSR count). The Morgan fingerprint density at radius 2 is 0.392 bits per heavy atom. The summed E-state index contributed by atoms with van der Waals surface area (Å²) in [4.78, 5) is 72.3. The summed E-state index contributed by atoms with van der Waals surface area (Å²) in [5.74, 6) is -4.58. The molecule has 0 saturated heterocycles. The van der Waals surface area contributed by atoms with Crippen LogP contribution in [-0.4, -0.2) is 126 Å². The molecule has 28 nitrogen and oxygen atoms in total. The van der Waals surface area contributed by atoms with Gasteiger partial charge >= 0.3 is 67.1 Å². The van der Waals surface area contributed by atoms with E-state index in [0.29, 0.717) is 96.9 Å². The van der Waals surface area contributed by atoms with E-state index in [1.165, 1.54) is 0 Å². The number of aryl methyl sites for hydroxylation is 4. The molecule has 2 radical (unpaired) electrons. The van der Waals surface area contributed by atoms with Gasteiger partial charge in [-0.1, -0.05) is 155 Å². The first-order valence-corrected chi connectivity index (χ1v) is 32.7. The Morgan fingerprint density at radius 1 is 0.304 bits per heavy atom. The van der Waals surface area contributed by atoms with Crippen molar-refractivity contribution in [3.63, 3.8) is 0 Å². The monoisotopic (exact) mass is 1640 g/mol. The number of halogens is 2. The van der Waals surface area contributed by atoms with E-state index in [2.05, 4.69) is 123 Å². The van der Waals surface area contributed by atoms with Gasteiger partial charge in [0, 0.05) is 148 Å². The molecule has 0 N–H and O–H groups in total. The van der Waals surface area contributed by atoms with E-state index in [1.807, 2.05) is 48.5 Å². The maximum absolute atomic E-state index is 13.1. The van der Waals surface area contributed by atoms with Crippen LogP contribution in [-0.2, 0) is 112 Å². The van der Waals surface area contributed by atoms with Gasteiger partial charge in [-0.2, -0.15) is 0 Å². The fraction of sp³-hybridized carbons (Fsp3) is 0.471. The quantitative estimate of drug-likeness (QED) is 0.184. The molecule has 4 aromatic rings. The number of hydrogen-bond acceptors (Lipinski definition) is 28. The van der Waals surface area contributed by atoms with Crippen LogP contribution >= 0.6 is 0 Å². The standard InChI is InChI=1S/2C30H40N4O2.4C2H4O2.2ClHO4.4Co/c2*1-7-21-9-23-13-31-17-29(3,4)19-33-15-25-11-22(8-2)12-26(28(25)36)16-34-20-30(5,6)18-32-14-24(10-21)27(23)35;4*1-2(3)4;2*2-1(3,4)5;;;;/h2*9-16,35-36H,7-8,17-20H2,1-6H3;4*1H3,(H,3,4);2*(H,2,3,4,5);;;;/q;;;;;;;;2*+2;2*+3/p-10. The zero-order valence-corrected chi connectivity index (χ0v) is 65.2. The van der Waals surface area contributed by atoms with Gasteiger partial charge in [0.1, 0.15) is 0 Å². The average Bonchev–Trinajstić information content (AvgIpc) is 0.851. The van der Waals surface area contributed by atoms with Crippen LogP contribution in [0.3, 0.4) is 0 Å². The number of fused-ring (bicyclic) bond motifs is 8. The van der Waals surface area contributed by atoms with Gasteiger partial charge in [0.2, 0.25) is 0 Å². The molecule has 0 aromatic heterocycles. The van der Waals surface area contributed by atoms with Crippen molar-refractivity contribution in [2.24, 2.45) is 61.6 Å². The largest absolute Gasteiger partial charge is 3.00 e. The van der Waals surface area contributed by atoms with Gasteiger partial charge in [-0.15, -0.1) is 20.5 Å². The Labute approximate surface area is 642 Å². The Hall–Kier alpha value is -6.39. The van der Waals surface area contributed by atoms with E-state index in [-0.39, 0.29) is 112 Å². The maximum Gasteiger partial charge on any atom is 3.00 e. The van der Waals surface area contributed by atoms with Gasteiger partial charge in [-0.05, 0) is 120 Å². The number of carboxylic acids is 4. The van der Waals surface area contributed by atoms with Crippen molar-refractivity contribution < 1.29 is 185 Å². The molecule has 8 bridgehead atoms. The van der Waals surface area contributed by atoms with Crippen LogP contribution in [0.25, 0.3) is 0 Å². The number of nitrogens with zero attached hydrogens (tertiary/aromatic N) is 8. The third-order valence-electron chi connectivity index (χ3n) is 12.5. The maximum atomic E-state index is 13.1. The first-order valence-electron chi connectivity index (χ1n) is 30.3. The molecule has 0 amide bonds. The summed E-state index contributed by atoms with van der Waals surface area (Å²) in [7, 11) is -9.89. The molecule has 34 heteroatoms. The smallest absolute Gasteiger partial charge is 0.872 e. The zero-order valence-electron chi connectivity index (χ0n) is 59.6. The van der Waals surface area contributed by atoms with Crippen molar-refractivity contribution in [1.82, 2.24) is 0 Å². The normalized spacial score (nSPS) is 14.7. The van der Waals surface area contributed by atoms with Gasteiger partial charge in [0.05, 0.1) is 0 Å². The third-order valence-corrected chi connectivity index (χ3v) is 12.5. The first kappa shape index (κ1) is 107. The van der Waals surface area contributed by atoms with E-state index in [9.17, 15) is 20.4 Å². The molecule has 0 aliphatic carbocycles. The van der Waals surface area contributed by atoms with Crippen LogP contribution in [0.5, 0.6) is 23.0 Å². The molecule has 0 fully saturated rings. The number of aliphatic carboxylic acids is 4. The van der Waals surface area contributed by atoms with Crippen molar-refractivity contribution in [3.8, 4) is 23.0 Å². The van der Waals surface area contributed by atoms with Crippen LogP contribution in [0, 0.1) is 42.1 Å². The molecule has 0 atom stereocenters. The fourth-order valence-electron chi connectivity index (χ4n) is 7.87. The van der Waals surface area contributed by atoms with E-state index in [1.54, 1.807) is 49.7 Å². The summed E-state index contributed by atoms with van der Waals surface area (Å²) in [6.07, 6.45) is 16.7. The third kappa shape index (κ3) is 54.3. The molecular weight excluding hydrogens is 1560 g/mol. The number of rotatable bonds is 4. The number of carbonyl (C=O) groups is 4. The predicted octanol–water partition coefficient (Wildman–Crippen LogP) is -5.70. The van der Waals surface area contributed by atoms with E-state index in [4.69, 9.17) is 76.9 Å². The van der Waals surface area contributed by atoms with Crippen LogP contribution in [0.15, 0.2) is 88.5 Å². The minimum Gasteiger partial charge on any atom is -0.872 e. The average molecular weight is 1640 g/mol. The summed E-state index contributed by atoms with van der Waals surface area (Å²) in [5.41, 5.74) is 8.00. The van der Waals surface area contributed by atoms with Gasteiger partial charge in [-0.3, -0.25) is 39.9 Å². The summed E-state index contributed by atoms with van der Waals surface area (Å²) in [6.45, 7) is 32.8. The molecular formula is C68H88Cl2Co4N8O20. The van der Waals surface area contributed by atoms with E-state index < -0.39 is 44.4 Å². The van der Waals surface area contributed by atoms with Gasteiger partial charge in [0.25, 0.3) is 0 Å². The summed E-state index contributed by atoms with van der Waals surface area (Å²) < 4.78 is 67.9. The second-order valence-electron chi connectivity index (χ2n) is 25.0. The molecule has 2 heterocycles. The number of benzene rings is 4. The van der Waals surface area contributed by atoms with Crippen LogP contribution in [0.2, 0.25) is 0 Å². The number of carboxylic acid groups (broad SMARTS) is 4. The fourth-order valence-corrected chi connectivity index (χ4v) is 7.87. The van der Waals surface area contributed by atoms with Crippen LogP contribution < -0.4 is 78.1 Å². The molecule has 102 heavy (non-hydrogen) atoms. The minimum absolute atomic E-state index is 0. The minimum atomic E-state index is -4.94. The summed E-state index contributed by atoms with van der Waals surface area (Å²) in [5, 5.41) is 87.8. The molecule has 0 unspecified atom stereocenters. The Balaban J connectivity index is -0.000000326.